The molecule has 1 saturated carbocycles. The Morgan fingerprint density at radius 2 is 2.04 bits per heavy atom. The molecule has 1 aromatic rings. The van der Waals surface area contributed by atoms with E-state index in [1.807, 2.05) is 11.4 Å². The Hall–Kier alpha value is -2.40. The first-order chi connectivity index (χ1) is 12.9. The second-order valence-electron chi connectivity index (χ2n) is 7.29. The average molecular weight is 389 g/mol. The maximum absolute atomic E-state index is 12.3. The smallest absolute Gasteiger partial charge is 0.309 e. The molecule has 27 heavy (non-hydrogen) atoms. The largest absolute Gasteiger partial charge is 0.455 e. The predicted octanol–water partition coefficient (Wildman–Crippen LogP) is 1.95. The first kappa shape index (κ1) is 19.4. The molecule has 0 spiro atoms. The van der Waals surface area contributed by atoms with E-state index in [1.165, 1.54) is 11.3 Å². The zero-order valence-electron chi connectivity index (χ0n) is 15.3. The highest BCUT2D eigenvalue weighted by molar-refractivity contribution is 7.12. The lowest BCUT2D eigenvalue weighted by atomic mass is 9.97. The Labute approximate surface area is 162 Å². The van der Waals surface area contributed by atoms with Crippen molar-refractivity contribution < 1.29 is 19.1 Å². The number of nitriles is 1. The number of hydrogen-bond donors (Lipinski definition) is 1. The molecule has 0 radical (unpaired) electrons. The third-order valence-corrected chi connectivity index (χ3v) is 6.08. The molecule has 2 heterocycles. The Kier molecular flexibility index (Phi) is 5.80. The second kappa shape index (κ2) is 8.09. The number of hydrogen-bond acceptors (Lipinski definition) is 6. The van der Waals surface area contributed by atoms with E-state index in [0.717, 1.165) is 12.8 Å². The molecule has 2 amide bonds. The summed E-state index contributed by atoms with van der Waals surface area (Å²) in [5, 5.41) is 13.8. The summed E-state index contributed by atoms with van der Waals surface area (Å²) in [5.74, 6) is -1.02. The summed E-state index contributed by atoms with van der Waals surface area (Å²) in [5.41, 5.74) is -0.892. The molecule has 1 saturated heterocycles. The van der Waals surface area contributed by atoms with Crippen molar-refractivity contribution in [3.63, 3.8) is 0 Å². The molecule has 0 aromatic carbocycles. The number of carbonyl (C=O) groups excluding carboxylic acids is 3. The summed E-state index contributed by atoms with van der Waals surface area (Å²) in [6.45, 7) is 2.32. The number of amides is 2. The highest BCUT2D eigenvalue weighted by Crippen LogP contribution is 2.39. The van der Waals surface area contributed by atoms with Gasteiger partial charge in [0.2, 0.25) is 0 Å². The highest BCUT2D eigenvalue weighted by atomic mass is 32.1. The summed E-state index contributed by atoms with van der Waals surface area (Å²) < 4.78 is 5.14. The lowest BCUT2D eigenvalue weighted by Crippen LogP contribution is -2.48. The number of nitrogens with zero attached hydrogens (tertiary/aromatic N) is 2. The molecular formula is C19H23N3O4S. The summed E-state index contributed by atoms with van der Waals surface area (Å²) in [6.07, 6.45) is 2.89. The SMILES string of the molecule is C[C@](C#N)(NC(=O)COC(=O)C1CCN(C(=O)c2cccs2)CC1)C1CC1. The van der Waals surface area contributed by atoms with Crippen molar-refractivity contribution in [3.05, 3.63) is 22.4 Å². The van der Waals surface area contributed by atoms with E-state index in [9.17, 15) is 19.6 Å². The lowest BCUT2D eigenvalue weighted by Gasteiger charge is -2.30. The van der Waals surface area contributed by atoms with Gasteiger partial charge in [0.1, 0.15) is 5.54 Å². The van der Waals surface area contributed by atoms with Gasteiger partial charge in [0, 0.05) is 13.1 Å². The molecule has 3 rings (SSSR count). The van der Waals surface area contributed by atoms with E-state index in [0.29, 0.717) is 30.8 Å². The minimum atomic E-state index is -0.892. The molecule has 0 unspecified atom stereocenters. The van der Waals surface area contributed by atoms with Gasteiger partial charge >= 0.3 is 5.97 Å². The van der Waals surface area contributed by atoms with Crippen LogP contribution in [0.15, 0.2) is 17.5 Å². The number of esters is 1. The molecule has 1 aliphatic carbocycles. The molecule has 1 aliphatic heterocycles. The first-order valence-electron chi connectivity index (χ1n) is 9.14. The van der Waals surface area contributed by atoms with Gasteiger partial charge in [-0.15, -0.1) is 11.3 Å². The standard InChI is InChI=1S/C19H23N3O4S/c1-19(12-20,14-4-5-14)21-16(23)11-26-18(25)13-6-8-22(9-7-13)17(24)15-3-2-10-27-15/h2-3,10,13-14H,4-9,11H2,1H3,(H,21,23)/t19-/m1/s1. The molecule has 144 valence electrons. The molecule has 1 atom stereocenters. The van der Waals surface area contributed by atoms with Crippen LogP contribution in [-0.4, -0.2) is 47.9 Å². The maximum Gasteiger partial charge on any atom is 0.309 e. The number of carbonyl (C=O) groups is 3. The highest BCUT2D eigenvalue weighted by Gasteiger charge is 2.43. The Balaban J connectivity index is 1.41. The van der Waals surface area contributed by atoms with Crippen LogP contribution >= 0.6 is 11.3 Å². The van der Waals surface area contributed by atoms with Gasteiger partial charge in [-0.3, -0.25) is 14.4 Å². The van der Waals surface area contributed by atoms with Gasteiger partial charge < -0.3 is 15.0 Å². The molecule has 1 N–H and O–H groups in total. The number of thiophene rings is 1. The zero-order chi connectivity index (χ0) is 19.4. The van der Waals surface area contributed by atoms with Crippen LogP contribution in [0.4, 0.5) is 0 Å². The number of ether oxygens (including phenoxy) is 1. The van der Waals surface area contributed by atoms with Crippen molar-refractivity contribution >= 4 is 29.1 Å². The normalized spacial score (nSPS) is 19.6. The summed E-state index contributed by atoms with van der Waals surface area (Å²) >= 11 is 1.41. The fourth-order valence-electron chi connectivity index (χ4n) is 3.34. The Bertz CT molecular complexity index is 746. The van der Waals surface area contributed by atoms with E-state index in [2.05, 4.69) is 11.4 Å². The molecule has 2 aliphatic rings. The quantitative estimate of drug-likeness (QED) is 0.750. The van der Waals surface area contributed by atoms with Crippen molar-refractivity contribution in [2.75, 3.05) is 19.7 Å². The van der Waals surface area contributed by atoms with Crippen LogP contribution in [0, 0.1) is 23.2 Å². The number of piperidine rings is 1. The van der Waals surface area contributed by atoms with Crippen molar-refractivity contribution in [1.29, 1.82) is 5.26 Å². The van der Waals surface area contributed by atoms with E-state index in [1.54, 1.807) is 17.9 Å². The molecule has 1 aromatic heterocycles. The minimum absolute atomic E-state index is 0.00735. The molecular weight excluding hydrogens is 366 g/mol. The fourth-order valence-corrected chi connectivity index (χ4v) is 4.03. The number of rotatable bonds is 6. The number of likely N-dealkylation sites (tertiary alicyclic amines) is 1. The minimum Gasteiger partial charge on any atom is -0.455 e. The van der Waals surface area contributed by atoms with Crippen LogP contribution in [0.2, 0.25) is 0 Å². The van der Waals surface area contributed by atoms with Crippen molar-refractivity contribution in [2.45, 2.75) is 38.1 Å². The zero-order valence-corrected chi connectivity index (χ0v) is 16.1. The van der Waals surface area contributed by atoms with Gasteiger partial charge in [0.25, 0.3) is 11.8 Å². The van der Waals surface area contributed by atoms with E-state index in [4.69, 9.17) is 4.74 Å². The van der Waals surface area contributed by atoms with Crippen molar-refractivity contribution in [3.8, 4) is 6.07 Å². The van der Waals surface area contributed by atoms with Crippen LogP contribution in [0.3, 0.4) is 0 Å². The van der Waals surface area contributed by atoms with Gasteiger partial charge in [0.05, 0.1) is 16.9 Å². The topological polar surface area (TPSA) is 99.5 Å². The second-order valence-corrected chi connectivity index (χ2v) is 8.24. The summed E-state index contributed by atoms with van der Waals surface area (Å²) in [4.78, 5) is 39.0. The van der Waals surface area contributed by atoms with E-state index < -0.39 is 17.4 Å². The van der Waals surface area contributed by atoms with Gasteiger partial charge in [-0.1, -0.05) is 6.07 Å². The Morgan fingerprint density at radius 1 is 1.33 bits per heavy atom. The van der Waals surface area contributed by atoms with Crippen LogP contribution in [0.1, 0.15) is 42.3 Å². The number of nitrogens with one attached hydrogen (secondary N) is 1. The average Bonchev–Trinajstić information content (AvgIpc) is 3.41. The third kappa shape index (κ3) is 4.66. The van der Waals surface area contributed by atoms with Gasteiger partial charge in [-0.2, -0.15) is 5.26 Å². The van der Waals surface area contributed by atoms with Gasteiger partial charge in [-0.05, 0) is 50.0 Å². The predicted molar refractivity (Wildman–Crippen MR) is 98.8 cm³/mol. The summed E-state index contributed by atoms with van der Waals surface area (Å²) in [6, 6.07) is 5.78. The maximum atomic E-state index is 12.3. The van der Waals surface area contributed by atoms with Crippen LogP contribution in [0.25, 0.3) is 0 Å². The molecule has 0 bridgehead atoms. The Morgan fingerprint density at radius 3 is 2.59 bits per heavy atom. The first-order valence-corrected chi connectivity index (χ1v) is 10.0. The van der Waals surface area contributed by atoms with Crippen molar-refractivity contribution in [1.82, 2.24) is 10.2 Å². The van der Waals surface area contributed by atoms with Crippen LogP contribution in [0.5, 0.6) is 0 Å². The monoisotopic (exact) mass is 389 g/mol. The lowest BCUT2D eigenvalue weighted by molar-refractivity contribution is -0.154. The van der Waals surface area contributed by atoms with Gasteiger partial charge in [0.15, 0.2) is 6.61 Å². The van der Waals surface area contributed by atoms with E-state index >= 15 is 0 Å². The fraction of sp³-hybridized carbons (Fsp3) is 0.579. The van der Waals surface area contributed by atoms with E-state index in [-0.39, 0.29) is 24.3 Å². The molecule has 8 heteroatoms. The van der Waals surface area contributed by atoms with Crippen molar-refractivity contribution in [2.24, 2.45) is 11.8 Å². The molecule has 2 fully saturated rings. The van der Waals surface area contributed by atoms with Gasteiger partial charge in [-0.25, -0.2) is 0 Å². The van der Waals surface area contributed by atoms with Crippen LogP contribution in [-0.2, 0) is 14.3 Å². The molecule has 7 nitrogen and oxygen atoms in total. The summed E-state index contributed by atoms with van der Waals surface area (Å²) in [7, 11) is 0. The van der Waals surface area contributed by atoms with Crippen LogP contribution < -0.4 is 5.32 Å². The third-order valence-electron chi connectivity index (χ3n) is 5.22.